The van der Waals surface area contributed by atoms with Crippen LogP contribution in [-0.4, -0.2) is 70.5 Å². The summed E-state index contributed by atoms with van der Waals surface area (Å²) in [5, 5.41) is 12.6. The number of piperazine rings is 1. The number of benzene rings is 3. The largest absolute Gasteiger partial charge is 0.497 e. The molecule has 0 spiro atoms. The van der Waals surface area contributed by atoms with Crippen LogP contribution in [0, 0.1) is 6.92 Å². The first-order chi connectivity index (χ1) is 21.5. The lowest BCUT2D eigenvalue weighted by molar-refractivity contribution is 0.0741. The number of hydrogen-bond donors (Lipinski definition) is 0. The summed E-state index contributed by atoms with van der Waals surface area (Å²) in [6.07, 6.45) is 0. The second kappa shape index (κ2) is 13.5. The number of thioether (sulfide) groups is 1. The van der Waals surface area contributed by atoms with Crippen LogP contribution in [0.25, 0.3) is 17.1 Å². The smallest absolute Gasteiger partial charge is 0.273 e. The zero-order chi connectivity index (χ0) is 30.5. The van der Waals surface area contributed by atoms with Gasteiger partial charge in [-0.3, -0.25) is 9.36 Å². The van der Waals surface area contributed by atoms with Gasteiger partial charge in [0.2, 0.25) is 0 Å². The number of aryl methyl sites for hydroxylation is 1. The fourth-order valence-corrected chi connectivity index (χ4v) is 6.89. The van der Waals surface area contributed by atoms with E-state index in [4.69, 9.17) is 14.5 Å². The van der Waals surface area contributed by atoms with Gasteiger partial charge in [-0.25, -0.2) is 4.98 Å². The lowest BCUT2D eigenvalue weighted by atomic mass is 10.2. The Morgan fingerprint density at radius 1 is 0.977 bits per heavy atom. The highest BCUT2D eigenvalue weighted by atomic mass is 32.2. The first-order valence-electron chi connectivity index (χ1n) is 14.5. The standard InChI is InChI=1S/C33H34N6O3S2/c1-4-42-29-11-6-5-10-28(29)37-16-18-38(19-17-37)32(40)27-21-43-30(34-27)22-44-33-36-35-31(24-8-7-9-26(20-24)41-3)39(33)25-14-12-23(2)13-15-25/h5-15,20-21H,4,16-19,22H2,1-3H3. The van der Waals surface area contributed by atoms with E-state index in [1.807, 2.05) is 59.7 Å². The zero-order valence-corrected chi connectivity index (χ0v) is 26.6. The maximum atomic E-state index is 13.4. The van der Waals surface area contributed by atoms with Gasteiger partial charge in [0.15, 0.2) is 11.0 Å². The highest BCUT2D eigenvalue weighted by Crippen LogP contribution is 2.32. The summed E-state index contributed by atoms with van der Waals surface area (Å²) in [4.78, 5) is 22.2. The van der Waals surface area contributed by atoms with Crippen LogP contribution >= 0.6 is 23.1 Å². The number of methoxy groups -OCH3 is 1. The number of amides is 1. The van der Waals surface area contributed by atoms with Crippen molar-refractivity contribution in [2.45, 2.75) is 24.8 Å². The van der Waals surface area contributed by atoms with E-state index in [0.717, 1.165) is 57.5 Å². The molecule has 1 aliphatic rings. The number of rotatable bonds is 10. The number of nitrogens with zero attached hydrogens (tertiary/aromatic N) is 6. The van der Waals surface area contributed by atoms with Gasteiger partial charge >= 0.3 is 0 Å². The van der Waals surface area contributed by atoms with Crippen molar-refractivity contribution in [1.82, 2.24) is 24.6 Å². The Kier molecular flexibility index (Phi) is 9.13. The third kappa shape index (κ3) is 6.44. The molecule has 2 aromatic heterocycles. The molecule has 6 rings (SSSR count). The van der Waals surface area contributed by atoms with E-state index in [2.05, 4.69) is 56.9 Å². The van der Waals surface area contributed by atoms with Gasteiger partial charge in [-0.15, -0.1) is 21.5 Å². The highest BCUT2D eigenvalue weighted by molar-refractivity contribution is 7.98. The minimum Gasteiger partial charge on any atom is -0.497 e. The topological polar surface area (TPSA) is 85.6 Å². The Morgan fingerprint density at radius 2 is 1.77 bits per heavy atom. The maximum Gasteiger partial charge on any atom is 0.273 e. The predicted molar refractivity (Wildman–Crippen MR) is 175 cm³/mol. The molecule has 11 heteroatoms. The summed E-state index contributed by atoms with van der Waals surface area (Å²) in [5.74, 6) is 2.91. The average molecular weight is 627 g/mol. The van der Waals surface area contributed by atoms with Crippen molar-refractivity contribution < 1.29 is 14.3 Å². The molecule has 3 aromatic carbocycles. The van der Waals surface area contributed by atoms with Gasteiger partial charge in [-0.05, 0) is 50.2 Å². The van der Waals surface area contributed by atoms with Crippen molar-refractivity contribution in [3.8, 4) is 28.6 Å². The summed E-state index contributed by atoms with van der Waals surface area (Å²) in [6.45, 7) is 7.43. The number of anilines is 1. The number of carbonyl (C=O) groups excluding carboxylic acids is 1. The van der Waals surface area contributed by atoms with E-state index in [1.165, 1.54) is 16.9 Å². The quantitative estimate of drug-likeness (QED) is 0.166. The first-order valence-corrected chi connectivity index (χ1v) is 16.4. The summed E-state index contributed by atoms with van der Waals surface area (Å²) in [5.41, 5.74) is 4.62. The molecule has 1 aliphatic heterocycles. The Balaban J connectivity index is 1.14. The summed E-state index contributed by atoms with van der Waals surface area (Å²) in [6, 6.07) is 24.2. The van der Waals surface area contributed by atoms with Crippen LogP contribution in [0.15, 0.2) is 83.3 Å². The maximum absolute atomic E-state index is 13.4. The molecule has 1 amide bonds. The number of carbonyl (C=O) groups is 1. The van der Waals surface area contributed by atoms with Crippen molar-refractivity contribution in [2.75, 3.05) is 44.8 Å². The number of para-hydroxylation sites is 2. The van der Waals surface area contributed by atoms with Crippen LogP contribution < -0.4 is 14.4 Å². The van der Waals surface area contributed by atoms with Crippen LogP contribution in [-0.2, 0) is 5.75 Å². The van der Waals surface area contributed by atoms with E-state index in [-0.39, 0.29) is 5.91 Å². The molecule has 5 aromatic rings. The summed E-state index contributed by atoms with van der Waals surface area (Å²) >= 11 is 3.05. The number of thiazole rings is 1. The summed E-state index contributed by atoms with van der Waals surface area (Å²) < 4.78 is 13.3. The molecule has 44 heavy (non-hydrogen) atoms. The van der Waals surface area contributed by atoms with Crippen LogP contribution in [0.1, 0.15) is 28.0 Å². The molecule has 0 aliphatic carbocycles. The first kappa shape index (κ1) is 29.7. The molecular formula is C33H34N6O3S2. The monoisotopic (exact) mass is 626 g/mol. The molecule has 0 bridgehead atoms. The molecule has 3 heterocycles. The molecule has 0 N–H and O–H groups in total. The SMILES string of the molecule is CCOc1ccccc1N1CCN(C(=O)c2csc(CSc3nnc(-c4cccc(OC)c4)n3-c3ccc(C)cc3)n2)CC1. The third-order valence-electron chi connectivity index (χ3n) is 7.42. The Hall–Kier alpha value is -4.35. The van der Waals surface area contributed by atoms with Crippen molar-refractivity contribution >= 4 is 34.7 Å². The van der Waals surface area contributed by atoms with Crippen LogP contribution in [0.4, 0.5) is 5.69 Å². The second-order valence-corrected chi connectivity index (χ2v) is 12.2. The van der Waals surface area contributed by atoms with Gasteiger partial charge in [0, 0.05) is 42.8 Å². The predicted octanol–water partition coefficient (Wildman–Crippen LogP) is 6.36. The average Bonchev–Trinajstić information content (AvgIpc) is 3.72. The van der Waals surface area contributed by atoms with Gasteiger partial charge in [0.05, 0.1) is 25.2 Å². The lowest BCUT2D eigenvalue weighted by Crippen LogP contribution is -2.49. The van der Waals surface area contributed by atoms with Crippen LogP contribution in [0.3, 0.4) is 0 Å². The minimum absolute atomic E-state index is 0.0293. The fraction of sp³-hybridized carbons (Fsp3) is 0.273. The van der Waals surface area contributed by atoms with Crippen molar-refractivity contribution in [3.05, 3.63) is 94.4 Å². The van der Waals surface area contributed by atoms with E-state index in [9.17, 15) is 4.79 Å². The highest BCUT2D eigenvalue weighted by Gasteiger charge is 2.25. The Bertz CT molecular complexity index is 1730. The molecule has 9 nitrogen and oxygen atoms in total. The van der Waals surface area contributed by atoms with Crippen molar-refractivity contribution in [3.63, 3.8) is 0 Å². The van der Waals surface area contributed by atoms with Crippen LogP contribution in [0.2, 0.25) is 0 Å². The van der Waals surface area contributed by atoms with Gasteiger partial charge < -0.3 is 19.3 Å². The van der Waals surface area contributed by atoms with E-state index < -0.39 is 0 Å². The molecule has 0 atom stereocenters. The van der Waals surface area contributed by atoms with Gasteiger partial charge in [-0.2, -0.15) is 0 Å². The van der Waals surface area contributed by atoms with Gasteiger partial charge in [0.25, 0.3) is 5.91 Å². The van der Waals surface area contributed by atoms with Gasteiger partial charge in [0.1, 0.15) is 22.2 Å². The van der Waals surface area contributed by atoms with E-state index >= 15 is 0 Å². The van der Waals surface area contributed by atoms with E-state index in [0.29, 0.717) is 31.1 Å². The molecule has 1 fully saturated rings. The Labute approximate surface area is 265 Å². The van der Waals surface area contributed by atoms with Crippen molar-refractivity contribution in [1.29, 1.82) is 0 Å². The molecule has 0 unspecified atom stereocenters. The Morgan fingerprint density at radius 3 is 2.55 bits per heavy atom. The van der Waals surface area contributed by atoms with Crippen LogP contribution in [0.5, 0.6) is 11.5 Å². The number of ether oxygens (including phenoxy) is 2. The number of aromatic nitrogens is 4. The summed E-state index contributed by atoms with van der Waals surface area (Å²) in [7, 11) is 1.65. The number of hydrogen-bond acceptors (Lipinski definition) is 9. The second-order valence-electron chi connectivity index (χ2n) is 10.3. The lowest BCUT2D eigenvalue weighted by Gasteiger charge is -2.36. The van der Waals surface area contributed by atoms with E-state index in [1.54, 1.807) is 18.9 Å². The normalized spacial score (nSPS) is 13.2. The molecule has 226 valence electrons. The molecular weight excluding hydrogens is 593 g/mol. The molecule has 0 radical (unpaired) electrons. The third-order valence-corrected chi connectivity index (χ3v) is 9.39. The van der Waals surface area contributed by atoms with Crippen molar-refractivity contribution in [2.24, 2.45) is 0 Å². The fourth-order valence-electron chi connectivity index (χ4n) is 5.15. The zero-order valence-electron chi connectivity index (χ0n) is 25.0. The minimum atomic E-state index is -0.0293. The molecule has 1 saturated heterocycles. The molecule has 0 saturated carbocycles. The van der Waals surface area contributed by atoms with Gasteiger partial charge in [-0.1, -0.05) is 53.7 Å².